The van der Waals surface area contributed by atoms with Crippen molar-refractivity contribution in [3.05, 3.63) is 46.0 Å². The smallest absolute Gasteiger partial charge is 0.329 e. The molecule has 2 aromatic heterocycles. The summed E-state index contributed by atoms with van der Waals surface area (Å²) in [6, 6.07) is 5.08. The summed E-state index contributed by atoms with van der Waals surface area (Å²) in [4.78, 5) is 78.1. The highest BCUT2D eigenvalue weighted by atomic mass is 32.2. The molecule has 2 aliphatic carbocycles. The number of piperidine rings is 2. The maximum absolute atomic E-state index is 14.3. The van der Waals surface area contributed by atoms with Crippen LogP contribution >= 0.6 is 0 Å². The summed E-state index contributed by atoms with van der Waals surface area (Å²) in [6.07, 6.45) is 12.0. The average molecular weight is 857 g/mol. The molecule has 0 radical (unpaired) electrons. The number of amides is 4. The van der Waals surface area contributed by atoms with Gasteiger partial charge >= 0.3 is 5.69 Å². The first-order valence-corrected chi connectivity index (χ1v) is 23.8. The van der Waals surface area contributed by atoms with Crippen LogP contribution in [0.15, 0.2) is 29.2 Å². The van der Waals surface area contributed by atoms with Crippen LogP contribution in [-0.2, 0) is 48.3 Å². The Kier molecular flexibility index (Phi) is 9.93. The van der Waals surface area contributed by atoms with Crippen molar-refractivity contribution < 1.29 is 27.6 Å². The lowest BCUT2D eigenvalue weighted by Gasteiger charge is -2.39. The number of imidazole rings is 1. The molecule has 5 aliphatic heterocycles. The third kappa shape index (κ3) is 6.69. The number of hydrogen-bond donors (Lipinski definition) is 2. The Labute approximate surface area is 355 Å². The maximum Gasteiger partial charge on any atom is 0.329 e. The first-order valence-electron chi connectivity index (χ1n) is 22.4. The van der Waals surface area contributed by atoms with Gasteiger partial charge in [-0.3, -0.25) is 38.5 Å². The summed E-state index contributed by atoms with van der Waals surface area (Å²) >= 11 is 0. The van der Waals surface area contributed by atoms with E-state index in [4.69, 9.17) is 4.98 Å². The zero-order valence-corrected chi connectivity index (χ0v) is 35.9. The molecule has 2 N–H and O–H groups in total. The van der Waals surface area contributed by atoms with E-state index in [0.29, 0.717) is 94.1 Å². The zero-order chi connectivity index (χ0) is 42.4. The Morgan fingerprint density at radius 1 is 0.951 bits per heavy atom. The van der Waals surface area contributed by atoms with Gasteiger partial charge in [0.2, 0.25) is 29.6 Å². The topological polar surface area (TPSA) is 192 Å². The second-order valence-electron chi connectivity index (χ2n) is 18.8. The fourth-order valence-electron chi connectivity index (χ4n) is 11.5. The number of fused-ring (bicyclic) bond motifs is 3. The molecule has 4 unspecified atom stereocenters. The second-order valence-corrected chi connectivity index (χ2v) is 20.7. The van der Waals surface area contributed by atoms with E-state index in [2.05, 4.69) is 22.5 Å². The minimum atomic E-state index is -3.77. The van der Waals surface area contributed by atoms with E-state index in [0.717, 1.165) is 61.9 Å². The lowest BCUT2D eigenvalue weighted by Crippen LogP contribution is -2.56. The monoisotopic (exact) mass is 856 g/mol. The van der Waals surface area contributed by atoms with Gasteiger partial charge in [-0.2, -0.15) is 22.0 Å². The molecule has 4 saturated heterocycles. The van der Waals surface area contributed by atoms with Crippen LogP contribution in [0.4, 0.5) is 11.8 Å². The van der Waals surface area contributed by atoms with Crippen LogP contribution in [0.25, 0.3) is 11.0 Å². The van der Waals surface area contributed by atoms with Gasteiger partial charge in [-0.25, -0.2) is 9.78 Å². The van der Waals surface area contributed by atoms with Crippen LogP contribution < -0.4 is 21.2 Å². The molecule has 10 rings (SSSR count). The van der Waals surface area contributed by atoms with E-state index >= 15 is 0 Å². The van der Waals surface area contributed by atoms with Gasteiger partial charge in [0.25, 0.3) is 10.2 Å². The standard InChI is InChI=1S/C43H56N10O7S/c1-27-6-3-8-31(27)53-37-30(43(17-18-43)39(53)57)25-44-40(47-37)45-29-14-21-50(22-15-29)61(59,60)51-20-5-16-42(51)19-23-49(26-42)36(55)9-4-7-28-10-11-32-34(24-28)48(2)41(58)52(32)33-12-13-35(54)46-38(33)56/h10-11,24-25,27,29,31,33H,3-9,12-23,26H2,1-2H3,(H,44,45,47)(H,46,54,56). The summed E-state index contributed by atoms with van der Waals surface area (Å²) in [5.74, 6) is 1.07. The minimum absolute atomic E-state index is 0.00444. The molecule has 3 aromatic rings. The summed E-state index contributed by atoms with van der Waals surface area (Å²) in [7, 11) is -2.10. The molecule has 6 fully saturated rings. The molecule has 326 valence electrons. The van der Waals surface area contributed by atoms with Crippen LogP contribution in [-0.4, -0.2) is 115 Å². The van der Waals surface area contributed by atoms with Crippen molar-refractivity contribution in [3.8, 4) is 0 Å². The number of carbonyl (C=O) groups excluding carboxylic acids is 4. The van der Waals surface area contributed by atoms with Crippen molar-refractivity contribution in [3.63, 3.8) is 0 Å². The molecule has 0 bridgehead atoms. The molecule has 4 amide bonds. The van der Waals surface area contributed by atoms with E-state index in [1.165, 1.54) is 9.13 Å². The molecule has 7 aliphatic rings. The number of anilines is 2. The lowest BCUT2D eigenvalue weighted by atomic mass is 9.97. The van der Waals surface area contributed by atoms with Crippen molar-refractivity contribution in [2.45, 2.75) is 132 Å². The SMILES string of the molecule is CC1CCCC1N1C(=O)C2(CC2)c2cnc(NC3CCN(S(=O)(=O)N4CCCC45CCN(C(=O)CCCc4ccc6c(c4)n(C)c(=O)n6C4CCC(=O)NC4=O)C5)CC3)nc21. The predicted molar refractivity (Wildman–Crippen MR) is 226 cm³/mol. The van der Waals surface area contributed by atoms with Gasteiger partial charge in [0.05, 0.1) is 22.0 Å². The minimum Gasteiger partial charge on any atom is -0.351 e. The van der Waals surface area contributed by atoms with Crippen molar-refractivity contribution in [1.82, 2.24) is 37.9 Å². The average Bonchev–Trinajstić information content (AvgIpc) is 3.51. The molecule has 18 heteroatoms. The number of nitrogens with zero attached hydrogens (tertiary/aromatic N) is 8. The fourth-order valence-corrected chi connectivity index (χ4v) is 13.6. The molecule has 2 spiro atoms. The highest BCUT2D eigenvalue weighted by molar-refractivity contribution is 7.86. The predicted octanol–water partition coefficient (Wildman–Crippen LogP) is 2.89. The summed E-state index contributed by atoms with van der Waals surface area (Å²) in [6.45, 7) is 4.32. The normalized spacial score (nSPS) is 28.2. The van der Waals surface area contributed by atoms with Gasteiger partial charge in [-0.05, 0) is 101 Å². The quantitative estimate of drug-likeness (QED) is 0.287. The van der Waals surface area contributed by atoms with Crippen LogP contribution in [0.3, 0.4) is 0 Å². The van der Waals surface area contributed by atoms with E-state index in [9.17, 15) is 32.4 Å². The first-order chi connectivity index (χ1) is 29.3. The zero-order valence-electron chi connectivity index (χ0n) is 35.1. The highest BCUT2D eigenvalue weighted by Crippen LogP contribution is 2.58. The number of carbonyl (C=O) groups is 4. The van der Waals surface area contributed by atoms with E-state index < -0.39 is 33.1 Å². The Balaban J connectivity index is 0.737. The highest BCUT2D eigenvalue weighted by Gasteiger charge is 2.62. The number of rotatable bonds is 10. The van der Waals surface area contributed by atoms with Crippen molar-refractivity contribution in [2.75, 3.05) is 42.9 Å². The molecule has 4 atom stereocenters. The molecule has 1 aromatic carbocycles. The van der Waals surface area contributed by atoms with Gasteiger partial charge in [0.1, 0.15) is 11.9 Å². The number of aromatic nitrogens is 4. The van der Waals surface area contributed by atoms with Crippen molar-refractivity contribution in [2.24, 2.45) is 13.0 Å². The van der Waals surface area contributed by atoms with Gasteiger partial charge in [-0.1, -0.05) is 19.4 Å². The van der Waals surface area contributed by atoms with Crippen LogP contribution in [0.2, 0.25) is 0 Å². The maximum atomic E-state index is 14.3. The first kappa shape index (κ1) is 40.4. The number of benzene rings is 1. The Hall–Kier alpha value is -4.68. The van der Waals surface area contributed by atoms with Crippen LogP contribution in [0.5, 0.6) is 0 Å². The van der Waals surface area contributed by atoms with Gasteiger partial charge < -0.3 is 10.2 Å². The van der Waals surface area contributed by atoms with Gasteiger partial charge in [0.15, 0.2) is 0 Å². The fraction of sp³-hybridized carbons (Fsp3) is 0.651. The largest absolute Gasteiger partial charge is 0.351 e. The Morgan fingerprint density at radius 3 is 2.49 bits per heavy atom. The number of aryl methyl sites for hydroxylation is 2. The molecule has 2 saturated carbocycles. The summed E-state index contributed by atoms with van der Waals surface area (Å²) < 4.78 is 34.9. The van der Waals surface area contributed by atoms with E-state index in [-0.39, 0.29) is 48.3 Å². The number of likely N-dealkylation sites (tertiary alicyclic amines) is 1. The number of nitrogens with one attached hydrogen (secondary N) is 2. The van der Waals surface area contributed by atoms with Crippen molar-refractivity contribution in [1.29, 1.82) is 0 Å². The molecular weight excluding hydrogens is 801 g/mol. The number of hydrogen-bond acceptors (Lipinski definition) is 10. The Morgan fingerprint density at radius 2 is 1.75 bits per heavy atom. The molecule has 17 nitrogen and oxygen atoms in total. The van der Waals surface area contributed by atoms with Crippen molar-refractivity contribution >= 4 is 56.6 Å². The Bertz CT molecular complexity index is 2490. The molecular formula is C43H56N10O7S. The van der Waals surface area contributed by atoms with E-state index in [1.54, 1.807) is 15.7 Å². The van der Waals surface area contributed by atoms with Crippen LogP contribution in [0.1, 0.15) is 114 Å². The third-order valence-corrected chi connectivity index (χ3v) is 17.3. The second kappa shape index (κ2) is 15.0. The van der Waals surface area contributed by atoms with Gasteiger partial charge in [0, 0.05) is 76.5 Å². The summed E-state index contributed by atoms with van der Waals surface area (Å²) in [5, 5.41) is 5.82. The molecule has 61 heavy (non-hydrogen) atoms. The number of imide groups is 1. The summed E-state index contributed by atoms with van der Waals surface area (Å²) in [5.41, 5.74) is 1.86. The lowest BCUT2D eigenvalue weighted by molar-refractivity contribution is -0.136. The molecule has 7 heterocycles. The third-order valence-electron chi connectivity index (χ3n) is 15.2. The van der Waals surface area contributed by atoms with Gasteiger partial charge in [-0.15, -0.1) is 0 Å². The van der Waals surface area contributed by atoms with Crippen LogP contribution in [0, 0.1) is 5.92 Å². The van der Waals surface area contributed by atoms with E-state index in [1.807, 2.05) is 34.2 Å².